The molecule has 1 aromatic heterocycles. The van der Waals surface area contributed by atoms with Crippen LogP contribution in [-0.4, -0.2) is 5.91 Å². The lowest BCUT2D eigenvalue weighted by Crippen LogP contribution is -2.10. The van der Waals surface area contributed by atoms with E-state index < -0.39 is 0 Å². The van der Waals surface area contributed by atoms with Gasteiger partial charge in [-0.15, -0.1) is 0 Å². The predicted octanol–water partition coefficient (Wildman–Crippen LogP) is 4.96. The van der Waals surface area contributed by atoms with E-state index in [0.717, 1.165) is 16.6 Å². The van der Waals surface area contributed by atoms with Crippen LogP contribution in [0.15, 0.2) is 46.9 Å². The van der Waals surface area contributed by atoms with Gasteiger partial charge in [0, 0.05) is 16.1 Å². The van der Waals surface area contributed by atoms with E-state index in [-0.39, 0.29) is 11.7 Å². The van der Waals surface area contributed by atoms with Crippen LogP contribution in [0.25, 0.3) is 11.0 Å². The smallest absolute Gasteiger partial charge is 0.291 e. The van der Waals surface area contributed by atoms with E-state index in [9.17, 15) is 4.79 Å². The maximum atomic E-state index is 12.2. The number of anilines is 1. The highest BCUT2D eigenvalue weighted by molar-refractivity contribution is 6.31. The summed E-state index contributed by atoms with van der Waals surface area (Å²) in [6, 6.07) is 12.7. The van der Waals surface area contributed by atoms with Gasteiger partial charge in [-0.1, -0.05) is 17.7 Å². The van der Waals surface area contributed by atoms with E-state index in [4.69, 9.17) is 16.0 Å². The number of furan rings is 1. The number of amides is 1. The second kappa shape index (κ2) is 5.26. The molecule has 0 saturated heterocycles. The van der Waals surface area contributed by atoms with Gasteiger partial charge < -0.3 is 9.73 Å². The maximum Gasteiger partial charge on any atom is 0.291 e. The molecule has 4 heteroatoms. The van der Waals surface area contributed by atoms with Gasteiger partial charge in [-0.05, 0) is 61.4 Å². The standard InChI is InChI=1S/C17H14ClNO2/c1-10-3-5-14(7-11(10)2)19-17(20)16-9-12-8-13(18)4-6-15(12)21-16/h3-9H,1-2H3,(H,19,20). The topological polar surface area (TPSA) is 42.2 Å². The van der Waals surface area contributed by atoms with Crippen LogP contribution in [0.2, 0.25) is 5.02 Å². The summed E-state index contributed by atoms with van der Waals surface area (Å²) in [4.78, 5) is 12.2. The SMILES string of the molecule is Cc1ccc(NC(=O)c2cc3cc(Cl)ccc3o2)cc1C. The van der Waals surface area contributed by atoms with Gasteiger partial charge in [0.1, 0.15) is 5.58 Å². The van der Waals surface area contributed by atoms with Gasteiger partial charge in [-0.25, -0.2) is 0 Å². The van der Waals surface area contributed by atoms with Gasteiger partial charge in [-0.3, -0.25) is 4.79 Å². The number of carbonyl (C=O) groups is 1. The fourth-order valence-electron chi connectivity index (χ4n) is 2.14. The molecule has 2 aromatic carbocycles. The number of nitrogens with one attached hydrogen (secondary N) is 1. The third kappa shape index (κ3) is 2.78. The van der Waals surface area contributed by atoms with E-state index in [1.165, 1.54) is 5.56 Å². The van der Waals surface area contributed by atoms with Crippen LogP contribution in [0.3, 0.4) is 0 Å². The fourth-order valence-corrected chi connectivity index (χ4v) is 2.32. The average molecular weight is 300 g/mol. The van der Waals surface area contributed by atoms with Crippen molar-refractivity contribution < 1.29 is 9.21 Å². The summed E-state index contributed by atoms with van der Waals surface area (Å²) in [6.07, 6.45) is 0. The molecular weight excluding hydrogens is 286 g/mol. The van der Waals surface area contributed by atoms with Crippen molar-refractivity contribution in [3.63, 3.8) is 0 Å². The molecule has 0 radical (unpaired) electrons. The zero-order valence-electron chi connectivity index (χ0n) is 11.7. The Morgan fingerprint density at radius 3 is 2.62 bits per heavy atom. The normalized spacial score (nSPS) is 10.8. The summed E-state index contributed by atoms with van der Waals surface area (Å²) in [5.74, 6) is -0.00364. The first kappa shape index (κ1) is 13.7. The first-order valence-corrected chi connectivity index (χ1v) is 6.98. The quantitative estimate of drug-likeness (QED) is 0.727. The summed E-state index contributed by atoms with van der Waals surface area (Å²) >= 11 is 5.93. The Morgan fingerprint density at radius 2 is 1.86 bits per heavy atom. The Bertz CT molecular complexity index is 836. The van der Waals surface area contributed by atoms with Crippen molar-refractivity contribution in [2.75, 3.05) is 5.32 Å². The molecule has 0 atom stereocenters. The minimum atomic E-state index is -0.273. The van der Waals surface area contributed by atoms with E-state index in [0.29, 0.717) is 10.6 Å². The number of carbonyl (C=O) groups excluding carboxylic acids is 1. The number of fused-ring (bicyclic) bond motifs is 1. The number of hydrogen-bond donors (Lipinski definition) is 1. The molecule has 0 bridgehead atoms. The Labute approximate surface area is 127 Å². The molecule has 1 N–H and O–H groups in total. The number of aryl methyl sites for hydroxylation is 2. The second-order valence-corrected chi connectivity index (χ2v) is 5.48. The number of hydrogen-bond acceptors (Lipinski definition) is 2. The molecule has 0 unspecified atom stereocenters. The fraction of sp³-hybridized carbons (Fsp3) is 0.118. The summed E-state index contributed by atoms with van der Waals surface area (Å²) in [5.41, 5.74) is 3.71. The van der Waals surface area contributed by atoms with Crippen molar-refractivity contribution in [1.82, 2.24) is 0 Å². The van der Waals surface area contributed by atoms with Crippen molar-refractivity contribution in [2.24, 2.45) is 0 Å². The summed E-state index contributed by atoms with van der Waals surface area (Å²) in [7, 11) is 0. The lowest BCUT2D eigenvalue weighted by atomic mass is 10.1. The lowest BCUT2D eigenvalue weighted by Gasteiger charge is -2.06. The molecule has 3 rings (SSSR count). The highest BCUT2D eigenvalue weighted by Gasteiger charge is 2.13. The third-order valence-electron chi connectivity index (χ3n) is 3.47. The maximum absolute atomic E-state index is 12.2. The van der Waals surface area contributed by atoms with E-state index in [1.54, 1.807) is 24.3 Å². The molecular formula is C17H14ClNO2. The van der Waals surface area contributed by atoms with Crippen molar-refractivity contribution in [2.45, 2.75) is 13.8 Å². The van der Waals surface area contributed by atoms with Crippen LogP contribution in [0, 0.1) is 13.8 Å². The Balaban J connectivity index is 1.87. The van der Waals surface area contributed by atoms with Gasteiger partial charge in [0.25, 0.3) is 5.91 Å². The molecule has 0 aliphatic rings. The summed E-state index contributed by atoms with van der Waals surface area (Å²) < 4.78 is 5.54. The van der Waals surface area contributed by atoms with E-state index in [2.05, 4.69) is 5.32 Å². The highest BCUT2D eigenvalue weighted by Crippen LogP contribution is 2.24. The minimum Gasteiger partial charge on any atom is -0.451 e. The Morgan fingerprint density at radius 1 is 1.05 bits per heavy atom. The molecule has 0 fully saturated rings. The average Bonchev–Trinajstić information content (AvgIpc) is 2.86. The first-order chi connectivity index (χ1) is 10.0. The highest BCUT2D eigenvalue weighted by atomic mass is 35.5. The molecule has 106 valence electrons. The van der Waals surface area contributed by atoms with Crippen molar-refractivity contribution in [3.05, 3.63) is 64.4 Å². The summed E-state index contributed by atoms with van der Waals surface area (Å²) in [5, 5.41) is 4.26. The molecule has 0 aliphatic heterocycles. The number of benzene rings is 2. The van der Waals surface area contributed by atoms with Crippen molar-refractivity contribution >= 4 is 34.2 Å². The van der Waals surface area contributed by atoms with Crippen LogP contribution >= 0.6 is 11.6 Å². The first-order valence-electron chi connectivity index (χ1n) is 6.60. The van der Waals surface area contributed by atoms with Crippen LogP contribution in [-0.2, 0) is 0 Å². The predicted molar refractivity (Wildman–Crippen MR) is 85.1 cm³/mol. The lowest BCUT2D eigenvalue weighted by molar-refractivity contribution is 0.0998. The van der Waals surface area contributed by atoms with Crippen LogP contribution in [0.1, 0.15) is 21.7 Å². The number of rotatable bonds is 2. The zero-order chi connectivity index (χ0) is 15.0. The van der Waals surface area contributed by atoms with E-state index >= 15 is 0 Å². The molecule has 0 saturated carbocycles. The van der Waals surface area contributed by atoms with Crippen molar-refractivity contribution in [1.29, 1.82) is 0 Å². The molecule has 1 heterocycles. The van der Waals surface area contributed by atoms with Crippen LogP contribution < -0.4 is 5.32 Å². The van der Waals surface area contributed by atoms with E-state index in [1.807, 2.05) is 32.0 Å². The third-order valence-corrected chi connectivity index (χ3v) is 3.70. The van der Waals surface area contributed by atoms with Gasteiger partial charge >= 0.3 is 0 Å². The largest absolute Gasteiger partial charge is 0.451 e. The minimum absolute atomic E-state index is 0.269. The number of halogens is 1. The molecule has 3 nitrogen and oxygen atoms in total. The molecule has 0 spiro atoms. The van der Waals surface area contributed by atoms with Gasteiger partial charge in [0.2, 0.25) is 0 Å². The zero-order valence-corrected chi connectivity index (χ0v) is 12.5. The van der Waals surface area contributed by atoms with Gasteiger partial charge in [0.15, 0.2) is 5.76 Å². The monoisotopic (exact) mass is 299 g/mol. The molecule has 21 heavy (non-hydrogen) atoms. The Hall–Kier alpha value is -2.26. The van der Waals surface area contributed by atoms with Gasteiger partial charge in [-0.2, -0.15) is 0 Å². The molecule has 0 aliphatic carbocycles. The summed E-state index contributed by atoms with van der Waals surface area (Å²) in [6.45, 7) is 4.04. The van der Waals surface area contributed by atoms with Crippen molar-refractivity contribution in [3.8, 4) is 0 Å². The van der Waals surface area contributed by atoms with Crippen LogP contribution in [0.5, 0.6) is 0 Å². The second-order valence-electron chi connectivity index (χ2n) is 5.05. The molecule has 3 aromatic rings. The van der Waals surface area contributed by atoms with Crippen LogP contribution in [0.4, 0.5) is 5.69 Å². The Kier molecular flexibility index (Phi) is 3.43. The van der Waals surface area contributed by atoms with Gasteiger partial charge in [0.05, 0.1) is 0 Å². The molecule has 1 amide bonds.